The smallest absolute Gasteiger partial charge is 0.416 e. The molecule has 1 heterocycles. The molecule has 0 aliphatic rings. The van der Waals surface area contributed by atoms with E-state index in [1.165, 1.54) is 37.3 Å². The predicted octanol–water partition coefficient (Wildman–Crippen LogP) is 5.17. The van der Waals surface area contributed by atoms with Crippen LogP contribution in [0.3, 0.4) is 0 Å². The van der Waals surface area contributed by atoms with Crippen LogP contribution in [-0.4, -0.2) is 16.3 Å². The minimum absolute atomic E-state index is 0.0378. The van der Waals surface area contributed by atoms with Gasteiger partial charge in [0.1, 0.15) is 17.0 Å². The number of halogens is 4. The third-order valence-corrected chi connectivity index (χ3v) is 3.66. The summed E-state index contributed by atoms with van der Waals surface area (Å²) in [5.74, 6) is 0.719. The lowest BCUT2D eigenvalue weighted by Gasteiger charge is -2.10. The first kappa shape index (κ1) is 18.1. The molecule has 0 spiro atoms. The summed E-state index contributed by atoms with van der Waals surface area (Å²) in [6.07, 6.45) is -5.47. The van der Waals surface area contributed by atoms with Crippen LogP contribution in [0.4, 0.5) is 13.2 Å². The summed E-state index contributed by atoms with van der Waals surface area (Å²) in [5, 5.41) is -0.630. The number of rotatable bonds is 5. The SMILES string of the molecule is CC(Oc1ccc(Oc2nc3ccc(C(F)(F)F)cc3o2)cc1)C(=O)Cl. The number of alkyl halides is 3. The molecule has 1 atom stereocenters. The van der Waals surface area contributed by atoms with Gasteiger partial charge in [0.05, 0.1) is 5.56 Å². The first-order chi connectivity index (χ1) is 12.2. The maximum atomic E-state index is 12.7. The zero-order valence-corrected chi connectivity index (χ0v) is 14.0. The van der Waals surface area contributed by atoms with E-state index in [4.69, 9.17) is 25.5 Å². The van der Waals surface area contributed by atoms with Crippen molar-refractivity contribution in [1.29, 1.82) is 0 Å². The third kappa shape index (κ3) is 4.08. The van der Waals surface area contributed by atoms with E-state index < -0.39 is 23.1 Å². The highest BCUT2D eigenvalue weighted by Crippen LogP contribution is 2.33. The van der Waals surface area contributed by atoms with E-state index in [0.29, 0.717) is 11.5 Å². The quantitative estimate of drug-likeness (QED) is 0.567. The van der Waals surface area contributed by atoms with Gasteiger partial charge in [-0.15, -0.1) is 0 Å². The summed E-state index contributed by atoms with van der Waals surface area (Å²) in [5.41, 5.74) is -0.635. The highest BCUT2D eigenvalue weighted by atomic mass is 35.5. The second-order valence-electron chi connectivity index (χ2n) is 5.30. The van der Waals surface area contributed by atoms with Gasteiger partial charge in [-0.2, -0.15) is 18.2 Å². The van der Waals surface area contributed by atoms with Crippen molar-refractivity contribution in [3.05, 3.63) is 48.0 Å². The number of hydrogen-bond acceptors (Lipinski definition) is 5. The second-order valence-corrected chi connectivity index (χ2v) is 5.67. The molecule has 0 aliphatic carbocycles. The highest BCUT2D eigenvalue weighted by molar-refractivity contribution is 6.64. The van der Waals surface area contributed by atoms with E-state index in [2.05, 4.69) is 4.98 Å². The molecule has 2 aromatic carbocycles. The van der Waals surface area contributed by atoms with Crippen molar-refractivity contribution in [3.63, 3.8) is 0 Å². The van der Waals surface area contributed by atoms with E-state index in [0.717, 1.165) is 12.1 Å². The van der Waals surface area contributed by atoms with Crippen molar-refractivity contribution < 1.29 is 31.9 Å². The summed E-state index contributed by atoms with van der Waals surface area (Å²) in [6.45, 7) is 1.51. The maximum Gasteiger partial charge on any atom is 0.416 e. The lowest BCUT2D eigenvalue weighted by Crippen LogP contribution is -2.18. The maximum absolute atomic E-state index is 12.7. The molecule has 1 unspecified atom stereocenters. The summed E-state index contributed by atoms with van der Waals surface area (Å²) in [7, 11) is 0. The van der Waals surface area contributed by atoms with E-state index in [1.54, 1.807) is 0 Å². The van der Waals surface area contributed by atoms with E-state index in [9.17, 15) is 18.0 Å². The van der Waals surface area contributed by atoms with Gasteiger partial charge in [-0.1, -0.05) is 0 Å². The Morgan fingerprint density at radius 2 is 1.81 bits per heavy atom. The fourth-order valence-corrected chi connectivity index (χ4v) is 2.11. The Kier molecular flexibility index (Phi) is 4.78. The van der Waals surface area contributed by atoms with Crippen molar-refractivity contribution in [2.75, 3.05) is 0 Å². The van der Waals surface area contributed by atoms with Crippen LogP contribution >= 0.6 is 11.6 Å². The highest BCUT2D eigenvalue weighted by Gasteiger charge is 2.31. The number of ether oxygens (including phenoxy) is 2. The summed E-state index contributed by atoms with van der Waals surface area (Å²) in [4.78, 5) is 14.9. The average Bonchev–Trinajstić information content (AvgIpc) is 2.97. The molecule has 26 heavy (non-hydrogen) atoms. The summed E-state index contributed by atoms with van der Waals surface area (Å²) >= 11 is 5.31. The van der Waals surface area contributed by atoms with Gasteiger partial charge in [-0.05, 0) is 61.0 Å². The molecule has 0 amide bonds. The van der Waals surface area contributed by atoms with E-state index >= 15 is 0 Å². The normalized spacial score (nSPS) is 12.8. The summed E-state index contributed by atoms with van der Waals surface area (Å²) < 4.78 is 54.0. The van der Waals surface area contributed by atoms with Gasteiger partial charge in [0, 0.05) is 0 Å². The van der Waals surface area contributed by atoms with Crippen molar-refractivity contribution >= 4 is 27.9 Å². The zero-order valence-electron chi connectivity index (χ0n) is 13.2. The number of oxazole rings is 1. The van der Waals surface area contributed by atoms with Crippen LogP contribution in [-0.2, 0) is 11.0 Å². The average molecular weight is 386 g/mol. The Morgan fingerprint density at radius 1 is 1.15 bits per heavy atom. The lowest BCUT2D eigenvalue weighted by atomic mass is 10.2. The van der Waals surface area contributed by atoms with Crippen LogP contribution in [0.25, 0.3) is 11.1 Å². The largest absolute Gasteiger partial charge is 0.482 e. The van der Waals surface area contributed by atoms with E-state index in [1.807, 2.05) is 0 Å². The zero-order chi connectivity index (χ0) is 18.9. The molecule has 0 saturated carbocycles. The summed E-state index contributed by atoms with van der Waals surface area (Å²) in [6, 6.07) is 9.10. The Hall–Kier alpha value is -2.74. The van der Waals surface area contributed by atoms with Crippen LogP contribution in [0.2, 0.25) is 0 Å². The minimum Gasteiger partial charge on any atom is -0.482 e. The van der Waals surface area contributed by atoms with Gasteiger partial charge in [-0.3, -0.25) is 4.79 Å². The molecule has 0 aliphatic heterocycles. The van der Waals surface area contributed by atoms with Crippen LogP contribution in [0.1, 0.15) is 12.5 Å². The molecular formula is C17H11ClF3NO4. The van der Waals surface area contributed by atoms with Crippen LogP contribution in [0.15, 0.2) is 46.9 Å². The molecule has 0 saturated heterocycles. The van der Waals surface area contributed by atoms with E-state index in [-0.39, 0.29) is 17.2 Å². The second kappa shape index (κ2) is 6.87. The first-order valence-corrected chi connectivity index (χ1v) is 7.72. The number of benzene rings is 2. The van der Waals surface area contributed by atoms with Crippen molar-refractivity contribution in [1.82, 2.24) is 4.98 Å². The molecule has 0 N–H and O–H groups in total. The molecule has 136 valence electrons. The van der Waals surface area contributed by atoms with Crippen LogP contribution in [0.5, 0.6) is 17.6 Å². The minimum atomic E-state index is -4.47. The van der Waals surface area contributed by atoms with Crippen molar-refractivity contribution in [2.24, 2.45) is 0 Å². The number of nitrogens with zero attached hydrogens (tertiary/aromatic N) is 1. The molecule has 0 bridgehead atoms. The lowest BCUT2D eigenvalue weighted by molar-refractivity contribution is -0.137. The van der Waals surface area contributed by atoms with Crippen molar-refractivity contribution in [3.8, 4) is 17.6 Å². The van der Waals surface area contributed by atoms with Gasteiger partial charge < -0.3 is 13.9 Å². The Bertz CT molecular complexity index is 937. The fraction of sp³-hybridized carbons (Fsp3) is 0.176. The molecule has 1 aromatic heterocycles. The number of hydrogen-bond donors (Lipinski definition) is 0. The fourth-order valence-electron chi connectivity index (χ4n) is 2.06. The van der Waals surface area contributed by atoms with Gasteiger partial charge in [0.15, 0.2) is 11.7 Å². The molecular weight excluding hydrogens is 375 g/mol. The number of carbonyl (C=O) groups is 1. The van der Waals surface area contributed by atoms with Gasteiger partial charge in [0.25, 0.3) is 5.24 Å². The Balaban J connectivity index is 1.75. The molecule has 5 nitrogen and oxygen atoms in total. The van der Waals surface area contributed by atoms with Crippen LogP contribution < -0.4 is 9.47 Å². The van der Waals surface area contributed by atoms with Crippen LogP contribution in [0, 0.1) is 0 Å². The molecule has 9 heteroatoms. The number of aromatic nitrogens is 1. The number of carbonyl (C=O) groups excluding carboxylic acids is 1. The molecule has 0 fully saturated rings. The first-order valence-electron chi connectivity index (χ1n) is 7.34. The number of fused-ring (bicyclic) bond motifs is 1. The van der Waals surface area contributed by atoms with Gasteiger partial charge in [-0.25, -0.2) is 0 Å². The Labute approximate surface area is 150 Å². The predicted molar refractivity (Wildman–Crippen MR) is 86.5 cm³/mol. The topological polar surface area (TPSA) is 61.6 Å². The third-order valence-electron chi connectivity index (χ3n) is 3.36. The molecule has 0 radical (unpaired) electrons. The van der Waals surface area contributed by atoms with Crippen molar-refractivity contribution in [2.45, 2.75) is 19.2 Å². The monoisotopic (exact) mass is 385 g/mol. The van der Waals surface area contributed by atoms with Gasteiger partial charge >= 0.3 is 12.3 Å². The standard InChI is InChI=1S/C17H11ClF3NO4/c1-9(15(18)23)24-11-3-5-12(6-4-11)25-16-22-13-7-2-10(17(19,20)21)8-14(13)26-16/h2-9H,1H3. The molecule has 3 rings (SSSR count). The molecule has 3 aromatic rings. The Morgan fingerprint density at radius 3 is 2.42 bits per heavy atom. The van der Waals surface area contributed by atoms with Gasteiger partial charge in [0.2, 0.25) is 0 Å².